The smallest absolute Gasteiger partial charge is 0.120 e. The Morgan fingerprint density at radius 1 is 1.38 bits per heavy atom. The molecule has 0 aromatic heterocycles. The van der Waals surface area contributed by atoms with Crippen molar-refractivity contribution in [3.63, 3.8) is 0 Å². The van der Waals surface area contributed by atoms with Crippen LogP contribution in [0.1, 0.15) is 18.9 Å². The second-order valence-corrected chi connectivity index (χ2v) is 3.51. The topological polar surface area (TPSA) is 68.3 Å². The zero-order valence-corrected chi connectivity index (χ0v) is 9.69. The first kappa shape index (κ1) is 12.5. The second-order valence-electron chi connectivity index (χ2n) is 3.51. The van der Waals surface area contributed by atoms with E-state index in [-0.39, 0.29) is 11.9 Å². The van der Waals surface area contributed by atoms with Gasteiger partial charge in [-0.05, 0) is 24.1 Å². The molecule has 0 heterocycles. The lowest BCUT2D eigenvalue weighted by Crippen LogP contribution is -2.29. The Hall–Kier alpha value is -1.55. The zero-order chi connectivity index (χ0) is 12.0. The van der Waals surface area contributed by atoms with Gasteiger partial charge in [0.15, 0.2) is 0 Å². The Labute approximate surface area is 95.9 Å². The van der Waals surface area contributed by atoms with E-state index in [1.54, 1.807) is 7.11 Å². The number of hydrogen-bond acceptors (Lipinski definition) is 3. The van der Waals surface area contributed by atoms with Crippen LogP contribution in [0.15, 0.2) is 24.3 Å². The summed E-state index contributed by atoms with van der Waals surface area (Å²) < 4.78 is 10.6. The molecule has 0 saturated heterocycles. The van der Waals surface area contributed by atoms with Crippen LogP contribution < -0.4 is 10.5 Å². The summed E-state index contributed by atoms with van der Waals surface area (Å²) in [6.45, 7) is 2.40. The van der Waals surface area contributed by atoms with Gasteiger partial charge >= 0.3 is 0 Å². The minimum Gasteiger partial charge on any atom is -0.497 e. The highest BCUT2D eigenvalue weighted by Gasteiger charge is 2.09. The molecule has 0 bridgehead atoms. The van der Waals surface area contributed by atoms with Gasteiger partial charge in [-0.2, -0.15) is 0 Å². The molecule has 3 N–H and O–H groups in total. The molecule has 4 nitrogen and oxygen atoms in total. The summed E-state index contributed by atoms with van der Waals surface area (Å²) in [6.07, 6.45) is 0.424. The molecule has 1 aromatic carbocycles. The number of methoxy groups -OCH3 is 1. The van der Waals surface area contributed by atoms with Crippen molar-refractivity contribution in [3.8, 4) is 5.75 Å². The fourth-order valence-electron chi connectivity index (χ4n) is 1.35. The van der Waals surface area contributed by atoms with Gasteiger partial charge in [-0.15, -0.1) is 0 Å². The van der Waals surface area contributed by atoms with E-state index in [1.165, 1.54) is 0 Å². The molecule has 0 aliphatic heterocycles. The maximum atomic E-state index is 7.31. The molecule has 0 saturated carbocycles. The van der Waals surface area contributed by atoms with Crippen LogP contribution in [0.2, 0.25) is 0 Å². The molecule has 0 amide bonds. The highest BCUT2D eigenvalue weighted by molar-refractivity contribution is 5.81. The zero-order valence-electron chi connectivity index (χ0n) is 9.69. The summed E-state index contributed by atoms with van der Waals surface area (Å²) >= 11 is 0. The van der Waals surface area contributed by atoms with Crippen molar-refractivity contribution in [1.82, 2.24) is 0 Å². The molecule has 0 fully saturated rings. The first-order chi connectivity index (χ1) is 7.67. The van der Waals surface area contributed by atoms with Crippen molar-refractivity contribution < 1.29 is 9.47 Å². The number of benzene rings is 1. The van der Waals surface area contributed by atoms with Gasteiger partial charge in [0.1, 0.15) is 17.7 Å². The van der Waals surface area contributed by atoms with Gasteiger partial charge < -0.3 is 15.2 Å². The van der Waals surface area contributed by atoms with Crippen LogP contribution in [0, 0.1) is 5.41 Å². The van der Waals surface area contributed by atoms with Crippen molar-refractivity contribution in [2.24, 2.45) is 5.73 Å². The quantitative estimate of drug-likeness (QED) is 0.570. The predicted octanol–water partition coefficient (Wildman–Crippen LogP) is 1.93. The van der Waals surface area contributed by atoms with E-state index < -0.39 is 0 Å². The Morgan fingerprint density at radius 3 is 2.44 bits per heavy atom. The summed E-state index contributed by atoms with van der Waals surface area (Å²) in [5.74, 6) is 0.901. The maximum Gasteiger partial charge on any atom is 0.120 e. The Kier molecular flexibility index (Phi) is 4.79. The molecule has 1 unspecified atom stereocenters. The standard InChI is InChI=1S/C12H18N2O2/c1-3-11(12(13)14)16-8-9-4-6-10(15-2)7-5-9/h4-7,11H,3,8H2,1-2H3,(H3,13,14). The lowest BCUT2D eigenvalue weighted by atomic mass is 10.2. The lowest BCUT2D eigenvalue weighted by molar-refractivity contribution is 0.0808. The number of ether oxygens (including phenoxy) is 2. The summed E-state index contributed by atoms with van der Waals surface area (Å²) in [5.41, 5.74) is 6.44. The molecular formula is C12H18N2O2. The van der Waals surface area contributed by atoms with E-state index in [2.05, 4.69) is 0 Å². The minimum absolute atomic E-state index is 0.0796. The first-order valence-corrected chi connectivity index (χ1v) is 5.25. The number of nitrogens with two attached hydrogens (primary N) is 1. The lowest BCUT2D eigenvalue weighted by Gasteiger charge is -2.14. The molecule has 1 atom stereocenters. The Morgan fingerprint density at radius 2 is 2.00 bits per heavy atom. The molecular weight excluding hydrogens is 204 g/mol. The van der Waals surface area contributed by atoms with E-state index in [1.807, 2.05) is 31.2 Å². The SMILES string of the molecule is CCC(OCc1ccc(OC)cc1)C(=N)N. The Balaban J connectivity index is 2.50. The number of nitrogens with one attached hydrogen (secondary N) is 1. The maximum absolute atomic E-state index is 7.31. The van der Waals surface area contributed by atoms with Gasteiger partial charge in [0.2, 0.25) is 0 Å². The third kappa shape index (κ3) is 3.55. The van der Waals surface area contributed by atoms with Gasteiger partial charge in [0, 0.05) is 0 Å². The molecule has 4 heteroatoms. The summed E-state index contributed by atoms with van der Waals surface area (Å²) in [6, 6.07) is 7.64. The monoisotopic (exact) mass is 222 g/mol. The van der Waals surface area contributed by atoms with Crippen LogP contribution in [0.3, 0.4) is 0 Å². The summed E-state index contributed by atoms with van der Waals surface area (Å²) in [5, 5.41) is 7.31. The first-order valence-electron chi connectivity index (χ1n) is 5.25. The Bertz CT molecular complexity index is 335. The van der Waals surface area contributed by atoms with Gasteiger partial charge in [-0.25, -0.2) is 0 Å². The number of amidine groups is 1. The number of rotatable bonds is 6. The predicted molar refractivity (Wildman–Crippen MR) is 63.8 cm³/mol. The van der Waals surface area contributed by atoms with Crippen molar-refractivity contribution in [1.29, 1.82) is 5.41 Å². The minimum atomic E-state index is -0.290. The highest BCUT2D eigenvalue weighted by atomic mass is 16.5. The van der Waals surface area contributed by atoms with E-state index in [0.717, 1.165) is 11.3 Å². The van der Waals surface area contributed by atoms with Crippen molar-refractivity contribution >= 4 is 5.84 Å². The molecule has 0 spiro atoms. The fraction of sp³-hybridized carbons (Fsp3) is 0.417. The average Bonchev–Trinajstić information content (AvgIpc) is 2.30. The largest absolute Gasteiger partial charge is 0.497 e. The van der Waals surface area contributed by atoms with Crippen molar-refractivity contribution in [3.05, 3.63) is 29.8 Å². The van der Waals surface area contributed by atoms with Crippen molar-refractivity contribution in [2.75, 3.05) is 7.11 Å². The third-order valence-corrected chi connectivity index (χ3v) is 2.33. The summed E-state index contributed by atoms with van der Waals surface area (Å²) in [4.78, 5) is 0. The number of hydrogen-bond donors (Lipinski definition) is 2. The molecule has 1 aromatic rings. The van der Waals surface area contributed by atoms with Gasteiger partial charge in [-0.1, -0.05) is 19.1 Å². The van der Waals surface area contributed by atoms with E-state index in [9.17, 15) is 0 Å². The van der Waals surface area contributed by atoms with Crippen LogP contribution >= 0.6 is 0 Å². The fourth-order valence-corrected chi connectivity index (χ4v) is 1.35. The second kappa shape index (κ2) is 6.12. The highest BCUT2D eigenvalue weighted by Crippen LogP contribution is 2.13. The van der Waals surface area contributed by atoms with Crippen LogP contribution in [0.5, 0.6) is 5.75 Å². The van der Waals surface area contributed by atoms with Crippen LogP contribution in [0.4, 0.5) is 0 Å². The van der Waals surface area contributed by atoms with E-state index >= 15 is 0 Å². The van der Waals surface area contributed by atoms with E-state index in [4.69, 9.17) is 20.6 Å². The molecule has 16 heavy (non-hydrogen) atoms. The van der Waals surface area contributed by atoms with Gasteiger partial charge in [0.25, 0.3) is 0 Å². The molecule has 0 aliphatic carbocycles. The van der Waals surface area contributed by atoms with Crippen LogP contribution in [0.25, 0.3) is 0 Å². The van der Waals surface area contributed by atoms with Gasteiger partial charge in [-0.3, -0.25) is 5.41 Å². The molecule has 1 rings (SSSR count). The van der Waals surface area contributed by atoms with Gasteiger partial charge in [0.05, 0.1) is 13.7 Å². The normalized spacial score (nSPS) is 12.1. The third-order valence-electron chi connectivity index (χ3n) is 2.33. The molecule has 0 radical (unpaired) electrons. The average molecular weight is 222 g/mol. The molecule has 0 aliphatic rings. The van der Waals surface area contributed by atoms with Crippen LogP contribution in [-0.4, -0.2) is 19.0 Å². The van der Waals surface area contributed by atoms with Crippen LogP contribution in [-0.2, 0) is 11.3 Å². The van der Waals surface area contributed by atoms with Crippen molar-refractivity contribution in [2.45, 2.75) is 26.1 Å². The van der Waals surface area contributed by atoms with E-state index in [0.29, 0.717) is 13.0 Å². The molecule has 88 valence electrons. The summed E-state index contributed by atoms with van der Waals surface area (Å²) in [7, 11) is 1.63.